The number of anilines is 1. The van der Waals surface area contributed by atoms with E-state index in [0.29, 0.717) is 23.6 Å². The molecule has 0 saturated carbocycles. The molecule has 1 aliphatic carbocycles. The van der Waals surface area contributed by atoms with Crippen LogP contribution in [0.15, 0.2) is 60.5 Å². The lowest BCUT2D eigenvalue weighted by Gasteiger charge is -2.21. The van der Waals surface area contributed by atoms with Crippen LogP contribution in [0.1, 0.15) is 55.3 Å². The summed E-state index contributed by atoms with van der Waals surface area (Å²) in [6.07, 6.45) is 5.29. The van der Waals surface area contributed by atoms with E-state index in [1.54, 1.807) is 17.8 Å². The van der Waals surface area contributed by atoms with Gasteiger partial charge in [0.2, 0.25) is 0 Å². The second-order valence-electron chi connectivity index (χ2n) is 11.3. The third kappa shape index (κ3) is 5.78. The number of urea groups is 1. The number of hydrogen-bond donors (Lipinski definition) is 1. The van der Waals surface area contributed by atoms with E-state index in [9.17, 15) is 9.18 Å². The number of benzene rings is 2. The van der Waals surface area contributed by atoms with Gasteiger partial charge in [0.15, 0.2) is 0 Å². The lowest BCUT2D eigenvalue weighted by Crippen LogP contribution is -2.31. The summed E-state index contributed by atoms with van der Waals surface area (Å²) in [7, 11) is 3.60. The van der Waals surface area contributed by atoms with Gasteiger partial charge in [-0.1, -0.05) is 38.5 Å². The number of aromatic nitrogens is 4. The maximum atomic E-state index is 14.3. The van der Waals surface area contributed by atoms with Gasteiger partial charge in [0, 0.05) is 48.8 Å². The molecule has 0 aliphatic heterocycles. The Morgan fingerprint density at radius 3 is 2.60 bits per heavy atom. The molecule has 0 radical (unpaired) electrons. The second kappa shape index (κ2) is 10.6. The summed E-state index contributed by atoms with van der Waals surface area (Å²) in [5, 5.41) is 12.1. The Labute approximate surface area is 234 Å². The highest BCUT2D eigenvalue weighted by Crippen LogP contribution is 2.30. The fourth-order valence-corrected chi connectivity index (χ4v) is 4.64. The fourth-order valence-electron chi connectivity index (χ4n) is 4.64. The van der Waals surface area contributed by atoms with Gasteiger partial charge >= 0.3 is 6.03 Å². The monoisotopic (exact) mass is 542 g/mol. The Morgan fingerprint density at radius 1 is 1.12 bits per heavy atom. The Bertz CT molecular complexity index is 1580. The zero-order valence-electron chi connectivity index (χ0n) is 23.8. The minimum absolute atomic E-state index is 0.148. The van der Waals surface area contributed by atoms with E-state index in [-0.39, 0.29) is 18.0 Å². The highest BCUT2D eigenvalue weighted by molar-refractivity contribution is 5.88. The van der Waals surface area contributed by atoms with Crippen LogP contribution in [0.5, 0.6) is 5.75 Å². The molecule has 40 heavy (non-hydrogen) atoms. The number of ether oxygens (including phenoxy) is 1. The van der Waals surface area contributed by atoms with Crippen LogP contribution in [-0.2, 0) is 25.4 Å². The topological polar surface area (TPSA) is 77.2 Å². The van der Waals surface area contributed by atoms with Gasteiger partial charge in [0.05, 0.1) is 24.1 Å². The predicted octanol–water partition coefficient (Wildman–Crippen LogP) is 6.38. The number of nitrogens with one attached hydrogen (secondary N) is 1. The highest BCUT2D eigenvalue weighted by Gasteiger charge is 2.23. The first-order chi connectivity index (χ1) is 19.0. The zero-order valence-corrected chi connectivity index (χ0v) is 23.8. The molecule has 2 aromatic heterocycles. The van der Waals surface area contributed by atoms with Gasteiger partial charge < -0.3 is 9.64 Å². The molecule has 0 spiro atoms. The van der Waals surface area contributed by atoms with Crippen molar-refractivity contribution < 1.29 is 13.9 Å². The number of aryl methyl sites for hydroxylation is 2. The summed E-state index contributed by atoms with van der Waals surface area (Å²) in [5.41, 5.74) is 5.36. The number of amides is 2. The summed E-state index contributed by atoms with van der Waals surface area (Å²) in [6.45, 7) is 8.41. The van der Waals surface area contributed by atoms with E-state index in [1.165, 1.54) is 17.0 Å². The first-order valence-electron chi connectivity index (χ1n) is 13.4. The lowest BCUT2D eigenvalue weighted by atomic mass is 9.92. The smallest absolute Gasteiger partial charge is 0.323 e. The lowest BCUT2D eigenvalue weighted by molar-refractivity contribution is 0.220. The maximum Gasteiger partial charge on any atom is 0.323 e. The summed E-state index contributed by atoms with van der Waals surface area (Å²) >= 11 is 0. The van der Waals surface area contributed by atoms with Crippen LogP contribution in [0, 0.1) is 12.7 Å². The molecule has 9 heteroatoms. The van der Waals surface area contributed by atoms with E-state index >= 15 is 0 Å². The number of nitrogens with zero attached hydrogens (tertiary/aromatic N) is 5. The summed E-state index contributed by atoms with van der Waals surface area (Å²) in [6, 6.07) is 13.9. The molecular formula is C31H35FN6O2. The third-order valence-electron chi connectivity index (χ3n) is 7.03. The predicted molar refractivity (Wildman–Crippen MR) is 154 cm³/mol. The van der Waals surface area contributed by atoms with Gasteiger partial charge in [-0.2, -0.15) is 10.2 Å². The third-order valence-corrected chi connectivity index (χ3v) is 7.03. The van der Waals surface area contributed by atoms with Gasteiger partial charge in [-0.15, -0.1) is 0 Å². The number of carbonyl (C=O) groups is 1. The van der Waals surface area contributed by atoms with Crippen LogP contribution in [0.3, 0.4) is 0 Å². The van der Waals surface area contributed by atoms with Crippen molar-refractivity contribution >= 4 is 17.9 Å². The highest BCUT2D eigenvalue weighted by atomic mass is 19.1. The van der Waals surface area contributed by atoms with Crippen molar-refractivity contribution in [2.45, 2.75) is 52.5 Å². The van der Waals surface area contributed by atoms with Crippen molar-refractivity contribution in [1.82, 2.24) is 24.5 Å². The van der Waals surface area contributed by atoms with E-state index in [1.807, 2.05) is 61.3 Å². The Morgan fingerprint density at radius 2 is 1.88 bits per heavy atom. The number of halogens is 1. The van der Waals surface area contributed by atoms with Crippen molar-refractivity contribution in [1.29, 1.82) is 0 Å². The largest absolute Gasteiger partial charge is 0.461 e. The van der Waals surface area contributed by atoms with Crippen molar-refractivity contribution in [3.8, 4) is 11.4 Å². The first-order valence-corrected chi connectivity index (χ1v) is 13.4. The average Bonchev–Trinajstić information content (AvgIpc) is 3.49. The van der Waals surface area contributed by atoms with Crippen LogP contribution in [0.2, 0.25) is 0 Å². The van der Waals surface area contributed by atoms with E-state index in [4.69, 9.17) is 9.84 Å². The average molecular weight is 543 g/mol. The van der Waals surface area contributed by atoms with E-state index in [0.717, 1.165) is 40.4 Å². The number of hydrogen-bond acceptors (Lipinski definition) is 4. The molecule has 0 atom stereocenters. The molecular weight excluding hydrogens is 507 g/mol. The van der Waals surface area contributed by atoms with Crippen molar-refractivity contribution in [3.05, 3.63) is 94.4 Å². The van der Waals surface area contributed by atoms with Gasteiger partial charge in [-0.25, -0.2) is 13.9 Å². The van der Waals surface area contributed by atoms with Crippen molar-refractivity contribution in [2.24, 2.45) is 7.05 Å². The minimum atomic E-state index is -0.393. The van der Waals surface area contributed by atoms with Gasteiger partial charge in [0.25, 0.3) is 0 Å². The molecule has 5 rings (SSSR count). The number of rotatable bonds is 6. The van der Waals surface area contributed by atoms with E-state index < -0.39 is 5.82 Å². The summed E-state index contributed by atoms with van der Waals surface area (Å²) in [5.74, 6) is 1.45. The Balaban J connectivity index is 1.36. The normalized spacial score (nSPS) is 13.0. The van der Waals surface area contributed by atoms with Crippen molar-refractivity contribution in [3.63, 3.8) is 0 Å². The van der Waals surface area contributed by atoms with E-state index in [2.05, 4.69) is 31.2 Å². The number of allylic oxidation sites excluding steroid dienone is 1. The molecule has 4 aromatic rings. The SMILES string of the molecule is Cc1ccc(-n2nc(C(C)(C)C)cc2NC(=O)N(C)Cc2cc(F)ccc2OC2=Cc3cnn(C)c3CC2)cc1. The first kappa shape index (κ1) is 27.2. The fraction of sp³-hybridized carbons (Fsp3) is 0.323. The van der Waals surface area contributed by atoms with Crippen LogP contribution in [0.4, 0.5) is 15.0 Å². The van der Waals surface area contributed by atoms with Gasteiger partial charge in [-0.3, -0.25) is 10.00 Å². The Hall–Kier alpha value is -4.40. The molecule has 1 aliphatic rings. The van der Waals surface area contributed by atoms with Gasteiger partial charge in [0.1, 0.15) is 23.1 Å². The molecule has 208 valence electrons. The molecule has 2 heterocycles. The standard InChI is InChI=1S/C31H35FN6O2/c1-20-7-10-24(11-8-20)38-29(17-28(35-38)31(2,3)4)34-30(39)36(5)19-22-15-23(32)9-14-27(22)40-25-12-13-26-21(16-25)18-33-37(26)6/h7-11,14-18H,12-13,19H2,1-6H3,(H,34,39). The number of carbonyl (C=O) groups excluding carboxylic acids is 1. The van der Waals surface area contributed by atoms with Crippen LogP contribution in [-0.4, -0.2) is 37.5 Å². The molecule has 0 saturated heterocycles. The molecule has 0 unspecified atom stereocenters. The van der Waals surface area contributed by atoms with Gasteiger partial charge in [-0.05, 0) is 49.8 Å². The quantitative estimate of drug-likeness (QED) is 0.307. The van der Waals surface area contributed by atoms with Crippen LogP contribution < -0.4 is 10.1 Å². The van der Waals surface area contributed by atoms with Crippen LogP contribution >= 0.6 is 0 Å². The molecule has 1 N–H and O–H groups in total. The Kier molecular flexibility index (Phi) is 7.23. The minimum Gasteiger partial charge on any atom is -0.461 e. The molecule has 2 amide bonds. The molecule has 8 nitrogen and oxygen atoms in total. The summed E-state index contributed by atoms with van der Waals surface area (Å²) in [4.78, 5) is 14.9. The molecule has 0 fully saturated rings. The second-order valence-corrected chi connectivity index (χ2v) is 11.3. The maximum absolute atomic E-state index is 14.3. The zero-order chi connectivity index (χ0) is 28.6. The van der Waals surface area contributed by atoms with Crippen LogP contribution in [0.25, 0.3) is 11.8 Å². The molecule has 2 aromatic carbocycles. The summed E-state index contributed by atoms with van der Waals surface area (Å²) < 4.78 is 24.1. The van der Waals surface area contributed by atoms with Crippen molar-refractivity contribution in [2.75, 3.05) is 12.4 Å². The number of fused-ring (bicyclic) bond motifs is 1. The molecule has 0 bridgehead atoms.